The first-order valence-corrected chi connectivity index (χ1v) is 7.48. The van der Waals surface area contributed by atoms with Crippen LogP contribution in [0.5, 0.6) is 0 Å². The molecule has 0 radical (unpaired) electrons. The lowest BCUT2D eigenvalue weighted by molar-refractivity contribution is -0.120. The van der Waals surface area contributed by atoms with Crippen LogP contribution in [0.4, 0.5) is 5.69 Å². The molecule has 1 aromatic carbocycles. The third kappa shape index (κ3) is 6.40. The van der Waals surface area contributed by atoms with E-state index in [0.717, 1.165) is 18.4 Å². The Hall–Kier alpha value is -1.88. The van der Waals surface area contributed by atoms with Crippen molar-refractivity contribution in [2.45, 2.75) is 45.6 Å². The van der Waals surface area contributed by atoms with E-state index in [4.69, 9.17) is 5.73 Å². The molecule has 2 amide bonds. The van der Waals surface area contributed by atoms with Gasteiger partial charge in [-0.1, -0.05) is 31.9 Å². The highest BCUT2D eigenvalue weighted by Gasteiger charge is 2.12. The van der Waals surface area contributed by atoms with Gasteiger partial charge in [0.2, 0.25) is 11.8 Å². The Morgan fingerprint density at radius 3 is 2.43 bits per heavy atom. The molecular weight excluding hydrogens is 266 g/mol. The van der Waals surface area contributed by atoms with E-state index in [-0.39, 0.29) is 11.8 Å². The first-order valence-electron chi connectivity index (χ1n) is 7.48. The summed E-state index contributed by atoms with van der Waals surface area (Å²) in [5.41, 5.74) is 7.43. The molecule has 0 spiro atoms. The first-order chi connectivity index (χ1) is 10.1. The van der Waals surface area contributed by atoms with Crippen LogP contribution in [0.2, 0.25) is 0 Å². The molecule has 0 aliphatic rings. The average Bonchev–Trinajstić information content (AvgIpc) is 2.47. The Kier molecular flexibility index (Phi) is 7.46. The number of carbonyl (C=O) groups excluding carboxylic acids is 2. The molecule has 5 nitrogen and oxygen atoms in total. The Morgan fingerprint density at radius 1 is 1.19 bits per heavy atom. The quantitative estimate of drug-likeness (QED) is 0.683. The van der Waals surface area contributed by atoms with Crippen LogP contribution in [0.15, 0.2) is 24.3 Å². The van der Waals surface area contributed by atoms with E-state index in [1.165, 1.54) is 0 Å². The molecule has 4 N–H and O–H groups in total. The number of rotatable bonds is 8. The van der Waals surface area contributed by atoms with Crippen LogP contribution in [0.3, 0.4) is 0 Å². The molecule has 0 heterocycles. The number of likely N-dealkylation sites (N-methyl/N-ethyl adjacent to an activating group) is 1. The van der Waals surface area contributed by atoms with Gasteiger partial charge in [-0.05, 0) is 31.0 Å². The predicted molar refractivity (Wildman–Crippen MR) is 85.0 cm³/mol. The van der Waals surface area contributed by atoms with Gasteiger partial charge in [-0.15, -0.1) is 0 Å². The Bertz CT molecular complexity index is 457. The normalized spacial score (nSPS) is 11.8. The fourth-order valence-electron chi connectivity index (χ4n) is 1.94. The Balaban J connectivity index is 2.50. The molecule has 5 heteroatoms. The maximum absolute atomic E-state index is 11.9. The summed E-state index contributed by atoms with van der Waals surface area (Å²) in [7, 11) is 0. The number of nitrogens with one attached hydrogen (secondary N) is 2. The second-order valence-electron chi connectivity index (χ2n) is 5.07. The van der Waals surface area contributed by atoms with Gasteiger partial charge >= 0.3 is 0 Å². The molecule has 0 aliphatic heterocycles. The number of hydrogen-bond acceptors (Lipinski definition) is 3. The van der Waals surface area contributed by atoms with Crippen molar-refractivity contribution >= 4 is 17.5 Å². The molecule has 0 saturated heterocycles. The van der Waals surface area contributed by atoms with E-state index in [2.05, 4.69) is 17.6 Å². The van der Waals surface area contributed by atoms with Gasteiger partial charge in [0.15, 0.2) is 0 Å². The third-order valence-electron chi connectivity index (χ3n) is 3.17. The minimum atomic E-state index is -0.472. The Morgan fingerprint density at radius 2 is 1.86 bits per heavy atom. The molecular formula is C16H25N3O2. The number of benzene rings is 1. The highest BCUT2D eigenvalue weighted by Crippen LogP contribution is 2.11. The maximum Gasteiger partial charge on any atom is 0.241 e. The average molecular weight is 291 g/mol. The number of carbonyl (C=O) groups is 2. The van der Waals surface area contributed by atoms with Gasteiger partial charge in [0.25, 0.3) is 0 Å². The van der Waals surface area contributed by atoms with E-state index in [1.54, 1.807) is 12.1 Å². The van der Waals surface area contributed by atoms with Gasteiger partial charge in [-0.25, -0.2) is 0 Å². The summed E-state index contributed by atoms with van der Waals surface area (Å²) >= 11 is 0. The zero-order valence-electron chi connectivity index (χ0n) is 12.8. The SMILES string of the molecule is CCCCC(N)C(=O)Nc1ccc(CC(=O)NCC)cc1. The maximum atomic E-state index is 11.9. The molecule has 1 unspecified atom stereocenters. The second-order valence-corrected chi connectivity index (χ2v) is 5.07. The van der Waals surface area contributed by atoms with Crippen LogP contribution in [-0.4, -0.2) is 24.4 Å². The van der Waals surface area contributed by atoms with Crippen molar-refractivity contribution < 1.29 is 9.59 Å². The van der Waals surface area contributed by atoms with Gasteiger partial charge in [-0.3, -0.25) is 9.59 Å². The van der Waals surface area contributed by atoms with E-state index in [9.17, 15) is 9.59 Å². The lowest BCUT2D eigenvalue weighted by atomic mass is 10.1. The number of anilines is 1. The van der Waals surface area contributed by atoms with Gasteiger partial charge in [0.1, 0.15) is 0 Å². The van der Waals surface area contributed by atoms with Crippen LogP contribution >= 0.6 is 0 Å². The summed E-state index contributed by atoms with van der Waals surface area (Å²) in [6.07, 6.45) is 3.01. The zero-order valence-corrected chi connectivity index (χ0v) is 12.8. The van der Waals surface area contributed by atoms with Crippen LogP contribution in [0.25, 0.3) is 0 Å². The number of amides is 2. The molecule has 1 rings (SSSR count). The van der Waals surface area contributed by atoms with Gasteiger partial charge in [0.05, 0.1) is 12.5 Å². The molecule has 21 heavy (non-hydrogen) atoms. The molecule has 0 aliphatic carbocycles. The smallest absolute Gasteiger partial charge is 0.241 e. The largest absolute Gasteiger partial charge is 0.356 e. The lowest BCUT2D eigenvalue weighted by Gasteiger charge is -2.12. The van der Waals surface area contributed by atoms with Crippen molar-refractivity contribution in [2.75, 3.05) is 11.9 Å². The number of nitrogens with two attached hydrogens (primary N) is 1. The molecule has 116 valence electrons. The van der Waals surface area contributed by atoms with Gasteiger partial charge < -0.3 is 16.4 Å². The van der Waals surface area contributed by atoms with Gasteiger partial charge in [-0.2, -0.15) is 0 Å². The van der Waals surface area contributed by atoms with Crippen molar-refractivity contribution in [2.24, 2.45) is 5.73 Å². The molecule has 0 bridgehead atoms. The molecule has 0 fully saturated rings. The second kappa shape index (κ2) is 9.13. The summed E-state index contributed by atoms with van der Waals surface area (Å²) < 4.78 is 0. The molecule has 0 aromatic heterocycles. The summed E-state index contributed by atoms with van der Waals surface area (Å²) in [5, 5.41) is 5.54. The van der Waals surface area contributed by atoms with Crippen LogP contribution in [0.1, 0.15) is 38.7 Å². The van der Waals surface area contributed by atoms with E-state index >= 15 is 0 Å². The molecule has 0 saturated carbocycles. The molecule has 1 aromatic rings. The highest BCUT2D eigenvalue weighted by molar-refractivity contribution is 5.94. The van der Waals surface area contributed by atoms with E-state index in [0.29, 0.717) is 25.1 Å². The summed E-state index contributed by atoms with van der Waals surface area (Å²) in [6.45, 7) is 4.58. The highest BCUT2D eigenvalue weighted by atomic mass is 16.2. The third-order valence-corrected chi connectivity index (χ3v) is 3.17. The predicted octanol–water partition coefficient (Wildman–Crippen LogP) is 1.82. The summed E-state index contributed by atoms with van der Waals surface area (Å²) in [6, 6.07) is 6.78. The fraction of sp³-hybridized carbons (Fsp3) is 0.500. The minimum absolute atomic E-state index is 0.00382. The molecule has 1 atom stereocenters. The topological polar surface area (TPSA) is 84.2 Å². The van der Waals surface area contributed by atoms with E-state index < -0.39 is 6.04 Å². The summed E-state index contributed by atoms with van der Waals surface area (Å²) in [4.78, 5) is 23.3. The Labute approximate surface area is 126 Å². The van der Waals surface area contributed by atoms with Crippen molar-refractivity contribution in [1.82, 2.24) is 5.32 Å². The minimum Gasteiger partial charge on any atom is -0.356 e. The zero-order chi connectivity index (χ0) is 15.7. The van der Waals surface area contributed by atoms with Crippen LogP contribution in [-0.2, 0) is 16.0 Å². The van der Waals surface area contributed by atoms with Gasteiger partial charge in [0, 0.05) is 12.2 Å². The lowest BCUT2D eigenvalue weighted by Crippen LogP contribution is -2.35. The fourth-order valence-corrected chi connectivity index (χ4v) is 1.94. The number of hydrogen-bond donors (Lipinski definition) is 3. The van der Waals surface area contributed by atoms with Crippen molar-refractivity contribution in [1.29, 1.82) is 0 Å². The van der Waals surface area contributed by atoms with Crippen molar-refractivity contribution in [3.05, 3.63) is 29.8 Å². The first kappa shape index (κ1) is 17.2. The summed E-state index contributed by atoms with van der Waals surface area (Å²) in [5.74, 6) is -0.171. The van der Waals surface area contributed by atoms with Crippen LogP contribution < -0.4 is 16.4 Å². The van der Waals surface area contributed by atoms with Crippen LogP contribution in [0, 0.1) is 0 Å². The van der Waals surface area contributed by atoms with Crippen molar-refractivity contribution in [3.63, 3.8) is 0 Å². The monoisotopic (exact) mass is 291 g/mol. The number of unbranched alkanes of at least 4 members (excludes halogenated alkanes) is 1. The standard InChI is InChI=1S/C16H25N3O2/c1-3-5-6-14(17)16(21)19-13-9-7-12(8-10-13)11-15(20)18-4-2/h7-10,14H,3-6,11,17H2,1-2H3,(H,18,20)(H,19,21). The van der Waals surface area contributed by atoms with E-state index in [1.807, 2.05) is 19.1 Å². The van der Waals surface area contributed by atoms with Crippen molar-refractivity contribution in [3.8, 4) is 0 Å².